The van der Waals surface area contributed by atoms with Gasteiger partial charge < -0.3 is 19.7 Å². The molecule has 2 aliphatic rings. The van der Waals surface area contributed by atoms with Crippen molar-refractivity contribution in [3.05, 3.63) is 18.2 Å². The van der Waals surface area contributed by atoms with Crippen molar-refractivity contribution in [3.63, 3.8) is 0 Å². The van der Waals surface area contributed by atoms with Crippen molar-refractivity contribution in [2.45, 2.75) is 38.3 Å². The molecule has 1 atom stereocenters. The molecule has 23 heavy (non-hydrogen) atoms. The van der Waals surface area contributed by atoms with E-state index in [1.54, 1.807) is 37.0 Å². The minimum absolute atomic E-state index is 0.0342. The minimum atomic E-state index is -0.833. The molecule has 7 heteroatoms. The van der Waals surface area contributed by atoms with Crippen LogP contribution >= 0.6 is 0 Å². The molecule has 3 rings (SSSR count). The lowest BCUT2D eigenvalue weighted by Gasteiger charge is -2.44. The Morgan fingerprint density at radius 1 is 1.39 bits per heavy atom. The van der Waals surface area contributed by atoms with Crippen molar-refractivity contribution in [1.29, 1.82) is 0 Å². The molecule has 0 radical (unpaired) electrons. The Balaban J connectivity index is 1.78. The summed E-state index contributed by atoms with van der Waals surface area (Å²) in [7, 11) is 1.77. The Hall–Kier alpha value is -1.89. The molecule has 2 amide bonds. The molecule has 3 heterocycles. The van der Waals surface area contributed by atoms with E-state index >= 15 is 0 Å². The molecule has 1 aromatic heterocycles. The van der Waals surface area contributed by atoms with Gasteiger partial charge in [0, 0.05) is 38.9 Å². The molecule has 0 aromatic carbocycles. The van der Waals surface area contributed by atoms with E-state index in [2.05, 4.69) is 10.3 Å². The SMILES string of the molecule is CN1CCN(C(=O)c2cn(C3CCCNC3)cn2)C(C)(C)C1=O. The second-order valence-electron chi connectivity index (χ2n) is 6.95. The van der Waals surface area contributed by atoms with E-state index in [0.717, 1.165) is 25.9 Å². The number of imidazole rings is 1. The molecule has 0 aliphatic carbocycles. The van der Waals surface area contributed by atoms with Gasteiger partial charge in [-0.05, 0) is 33.2 Å². The summed E-state index contributed by atoms with van der Waals surface area (Å²) in [5.74, 6) is -0.202. The molecule has 1 unspecified atom stereocenters. The number of nitrogens with zero attached hydrogens (tertiary/aromatic N) is 4. The molecular formula is C16H25N5O2. The van der Waals surface area contributed by atoms with Gasteiger partial charge in [0.05, 0.1) is 6.33 Å². The lowest BCUT2D eigenvalue weighted by atomic mass is 9.97. The Labute approximate surface area is 136 Å². The van der Waals surface area contributed by atoms with Crippen molar-refractivity contribution in [2.24, 2.45) is 0 Å². The molecule has 126 valence electrons. The minimum Gasteiger partial charge on any atom is -0.342 e. The zero-order chi connectivity index (χ0) is 16.6. The van der Waals surface area contributed by atoms with Gasteiger partial charge in [0.15, 0.2) is 0 Å². The van der Waals surface area contributed by atoms with Gasteiger partial charge in [-0.25, -0.2) is 4.98 Å². The van der Waals surface area contributed by atoms with Gasteiger partial charge in [0.1, 0.15) is 11.2 Å². The average molecular weight is 319 g/mol. The largest absolute Gasteiger partial charge is 0.342 e. The van der Waals surface area contributed by atoms with Crippen molar-refractivity contribution < 1.29 is 9.59 Å². The third kappa shape index (κ3) is 2.85. The first kappa shape index (κ1) is 16.0. The number of aromatic nitrogens is 2. The van der Waals surface area contributed by atoms with Crippen molar-refractivity contribution in [1.82, 2.24) is 24.7 Å². The maximum atomic E-state index is 12.8. The molecular weight excluding hydrogens is 294 g/mol. The fraction of sp³-hybridized carbons (Fsp3) is 0.688. The van der Waals surface area contributed by atoms with Crippen LogP contribution < -0.4 is 5.32 Å². The molecule has 2 aliphatic heterocycles. The lowest BCUT2D eigenvalue weighted by molar-refractivity contribution is -0.144. The molecule has 0 bridgehead atoms. The topological polar surface area (TPSA) is 70.5 Å². The van der Waals surface area contributed by atoms with E-state index in [9.17, 15) is 9.59 Å². The standard InChI is InChI=1S/C16H25N5O2/c1-16(2)15(23)19(3)7-8-21(16)14(22)13-10-20(11-18-13)12-5-4-6-17-9-12/h10-12,17H,4-9H2,1-3H3. The first-order valence-corrected chi connectivity index (χ1v) is 8.23. The molecule has 1 aromatic rings. The zero-order valence-corrected chi connectivity index (χ0v) is 14.1. The highest BCUT2D eigenvalue weighted by atomic mass is 16.2. The third-order valence-electron chi connectivity index (χ3n) is 4.96. The number of piperazine rings is 1. The van der Waals surface area contributed by atoms with E-state index in [1.165, 1.54) is 0 Å². The maximum Gasteiger partial charge on any atom is 0.274 e. The number of carbonyl (C=O) groups excluding carboxylic acids is 2. The van der Waals surface area contributed by atoms with Crippen LogP contribution in [0.25, 0.3) is 0 Å². The number of carbonyl (C=O) groups is 2. The van der Waals surface area contributed by atoms with Crippen molar-refractivity contribution in [2.75, 3.05) is 33.2 Å². The van der Waals surface area contributed by atoms with Gasteiger partial charge in [0.2, 0.25) is 5.91 Å². The average Bonchev–Trinajstić information content (AvgIpc) is 3.03. The van der Waals surface area contributed by atoms with Crippen LogP contribution in [-0.4, -0.2) is 69.9 Å². The Morgan fingerprint density at radius 3 is 2.87 bits per heavy atom. The highest BCUT2D eigenvalue weighted by molar-refractivity contribution is 5.98. The summed E-state index contributed by atoms with van der Waals surface area (Å²) in [6.45, 7) is 6.64. The van der Waals surface area contributed by atoms with Crippen LogP contribution in [0, 0.1) is 0 Å². The Kier molecular flexibility index (Phi) is 4.14. The van der Waals surface area contributed by atoms with Crippen LogP contribution in [0.1, 0.15) is 43.2 Å². The molecule has 0 saturated carbocycles. The number of hydrogen-bond acceptors (Lipinski definition) is 4. The molecule has 2 fully saturated rings. The number of amides is 2. The first-order valence-electron chi connectivity index (χ1n) is 8.23. The molecule has 2 saturated heterocycles. The molecule has 0 spiro atoms. The smallest absolute Gasteiger partial charge is 0.274 e. The first-order chi connectivity index (χ1) is 10.9. The number of piperidine rings is 1. The van der Waals surface area contributed by atoms with E-state index in [-0.39, 0.29) is 11.8 Å². The number of likely N-dealkylation sites (N-methyl/N-ethyl adjacent to an activating group) is 1. The van der Waals surface area contributed by atoms with Crippen LogP contribution in [-0.2, 0) is 4.79 Å². The second kappa shape index (κ2) is 5.96. The fourth-order valence-electron chi connectivity index (χ4n) is 3.44. The summed E-state index contributed by atoms with van der Waals surface area (Å²) < 4.78 is 2.02. The van der Waals surface area contributed by atoms with Gasteiger partial charge in [-0.3, -0.25) is 9.59 Å². The lowest BCUT2D eigenvalue weighted by Crippen LogP contribution is -2.63. The van der Waals surface area contributed by atoms with Crippen LogP contribution in [0.2, 0.25) is 0 Å². The van der Waals surface area contributed by atoms with E-state index in [1.807, 2.05) is 10.8 Å². The zero-order valence-electron chi connectivity index (χ0n) is 14.1. The summed E-state index contributed by atoms with van der Waals surface area (Å²) >= 11 is 0. The molecule has 7 nitrogen and oxygen atoms in total. The van der Waals surface area contributed by atoms with Crippen LogP contribution in [0.15, 0.2) is 12.5 Å². The number of rotatable bonds is 2. The third-order valence-corrected chi connectivity index (χ3v) is 4.96. The number of nitrogens with one attached hydrogen (secondary N) is 1. The summed E-state index contributed by atoms with van der Waals surface area (Å²) in [6, 6.07) is 0.347. The molecule has 1 N–H and O–H groups in total. The second-order valence-corrected chi connectivity index (χ2v) is 6.95. The monoisotopic (exact) mass is 319 g/mol. The summed E-state index contributed by atoms with van der Waals surface area (Å²) in [5, 5.41) is 3.36. The van der Waals surface area contributed by atoms with Crippen LogP contribution in [0.3, 0.4) is 0 Å². The van der Waals surface area contributed by atoms with E-state index < -0.39 is 5.54 Å². The normalized spacial score (nSPS) is 24.8. The predicted octanol–water partition coefficient (Wildman–Crippen LogP) is 0.500. The van der Waals surface area contributed by atoms with Gasteiger partial charge in [-0.1, -0.05) is 0 Å². The van der Waals surface area contributed by atoms with Crippen molar-refractivity contribution in [3.8, 4) is 0 Å². The van der Waals surface area contributed by atoms with E-state index in [0.29, 0.717) is 24.8 Å². The summed E-state index contributed by atoms with van der Waals surface area (Å²) in [5.41, 5.74) is -0.415. The fourth-order valence-corrected chi connectivity index (χ4v) is 3.44. The summed E-state index contributed by atoms with van der Waals surface area (Å²) in [6.07, 6.45) is 5.77. The summed E-state index contributed by atoms with van der Waals surface area (Å²) in [4.78, 5) is 32.8. The van der Waals surface area contributed by atoms with Gasteiger partial charge in [-0.2, -0.15) is 0 Å². The van der Waals surface area contributed by atoms with Gasteiger partial charge in [-0.15, -0.1) is 0 Å². The highest BCUT2D eigenvalue weighted by Gasteiger charge is 2.43. The van der Waals surface area contributed by atoms with E-state index in [4.69, 9.17) is 0 Å². The maximum absolute atomic E-state index is 12.8. The Bertz CT molecular complexity index is 603. The number of hydrogen-bond donors (Lipinski definition) is 1. The Morgan fingerprint density at radius 2 is 2.17 bits per heavy atom. The van der Waals surface area contributed by atoms with Gasteiger partial charge in [0.25, 0.3) is 5.91 Å². The van der Waals surface area contributed by atoms with Crippen LogP contribution in [0.5, 0.6) is 0 Å². The van der Waals surface area contributed by atoms with Crippen LogP contribution in [0.4, 0.5) is 0 Å². The predicted molar refractivity (Wildman–Crippen MR) is 86.1 cm³/mol. The van der Waals surface area contributed by atoms with Gasteiger partial charge >= 0.3 is 0 Å². The quantitative estimate of drug-likeness (QED) is 0.862. The van der Waals surface area contributed by atoms with Crippen molar-refractivity contribution >= 4 is 11.8 Å². The highest BCUT2D eigenvalue weighted by Crippen LogP contribution is 2.24.